The zero-order valence-electron chi connectivity index (χ0n) is 8.38. The highest BCUT2D eigenvalue weighted by molar-refractivity contribution is 7.12. The molecule has 0 fully saturated rings. The molecule has 0 unspecified atom stereocenters. The minimum Gasteiger partial charge on any atom is -0.141 e. The SMILES string of the molecule is C=Cc1ccc(CCCCCC)s1. The molecule has 0 saturated carbocycles. The molecule has 0 saturated heterocycles. The van der Waals surface area contributed by atoms with Gasteiger partial charge in [-0.3, -0.25) is 0 Å². The topological polar surface area (TPSA) is 0 Å². The van der Waals surface area contributed by atoms with E-state index in [9.17, 15) is 0 Å². The summed E-state index contributed by atoms with van der Waals surface area (Å²) in [6.07, 6.45) is 8.59. The lowest BCUT2D eigenvalue weighted by Crippen LogP contribution is -1.80. The van der Waals surface area contributed by atoms with E-state index in [1.165, 1.54) is 41.9 Å². The first-order chi connectivity index (χ1) is 6.36. The van der Waals surface area contributed by atoms with Gasteiger partial charge in [0.25, 0.3) is 0 Å². The molecular formula is C12H18S. The van der Waals surface area contributed by atoms with E-state index in [0.717, 1.165) is 0 Å². The van der Waals surface area contributed by atoms with E-state index in [2.05, 4.69) is 25.6 Å². The summed E-state index contributed by atoms with van der Waals surface area (Å²) in [7, 11) is 0. The second-order valence-electron chi connectivity index (χ2n) is 3.32. The number of rotatable bonds is 6. The Hall–Kier alpha value is -0.560. The summed E-state index contributed by atoms with van der Waals surface area (Å²) in [6, 6.07) is 4.39. The molecule has 1 rings (SSSR count). The lowest BCUT2D eigenvalue weighted by Gasteiger charge is -1.96. The fraction of sp³-hybridized carbons (Fsp3) is 0.500. The third-order valence-corrected chi connectivity index (χ3v) is 3.30. The number of aryl methyl sites for hydroxylation is 1. The van der Waals surface area contributed by atoms with E-state index in [4.69, 9.17) is 0 Å². The van der Waals surface area contributed by atoms with Crippen LogP contribution in [-0.4, -0.2) is 0 Å². The summed E-state index contributed by atoms with van der Waals surface area (Å²) in [5.74, 6) is 0. The van der Waals surface area contributed by atoms with E-state index >= 15 is 0 Å². The van der Waals surface area contributed by atoms with Gasteiger partial charge in [0.2, 0.25) is 0 Å². The van der Waals surface area contributed by atoms with Crippen molar-refractivity contribution in [2.75, 3.05) is 0 Å². The summed E-state index contributed by atoms with van der Waals surface area (Å²) in [5, 5.41) is 0. The van der Waals surface area contributed by atoms with Crippen molar-refractivity contribution < 1.29 is 0 Å². The molecular weight excluding hydrogens is 176 g/mol. The van der Waals surface area contributed by atoms with Crippen molar-refractivity contribution in [1.82, 2.24) is 0 Å². The van der Waals surface area contributed by atoms with Gasteiger partial charge in [0, 0.05) is 9.75 Å². The van der Waals surface area contributed by atoms with Crippen LogP contribution in [0.15, 0.2) is 18.7 Å². The van der Waals surface area contributed by atoms with Crippen molar-refractivity contribution in [2.24, 2.45) is 0 Å². The van der Waals surface area contributed by atoms with E-state index in [1.54, 1.807) is 0 Å². The lowest BCUT2D eigenvalue weighted by molar-refractivity contribution is 0.670. The Balaban J connectivity index is 2.24. The van der Waals surface area contributed by atoms with E-state index in [0.29, 0.717) is 0 Å². The van der Waals surface area contributed by atoms with E-state index < -0.39 is 0 Å². The van der Waals surface area contributed by atoms with Crippen LogP contribution in [0.3, 0.4) is 0 Å². The van der Waals surface area contributed by atoms with Gasteiger partial charge in [-0.1, -0.05) is 38.8 Å². The largest absolute Gasteiger partial charge is 0.141 e. The average molecular weight is 194 g/mol. The number of hydrogen-bond donors (Lipinski definition) is 0. The van der Waals surface area contributed by atoms with Crippen molar-refractivity contribution >= 4 is 17.4 Å². The predicted molar refractivity (Wildman–Crippen MR) is 62.3 cm³/mol. The maximum Gasteiger partial charge on any atom is 0.0267 e. The molecule has 72 valence electrons. The molecule has 0 spiro atoms. The third-order valence-electron chi connectivity index (χ3n) is 2.16. The van der Waals surface area contributed by atoms with E-state index in [-0.39, 0.29) is 0 Å². The quantitative estimate of drug-likeness (QED) is 0.584. The van der Waals surface area contributed by atoms with E-state index in [1.807, 2.05) is 17.4 Å². The first kappa shape index (κ1) is 10.5. The lowest BCUT2D eigenvalue weighted by atomic mass is 10.1. The smallest absolute Gasteiger partial charge is 0.0267 e. The molecule has 0 nitrogen and oxygen atoms in total. The zero-order chi connectivity index (χ0) is 9.52. The Morgan fingerprint density at radius 3 is 2.77 bits per heavy atom. The highest BCUT2D eigenvalue weighted by atomic mass is 32.1. The predicted octanol–water partition coefficient (Wildman–Crippen LogP) is 4.51. The summed E-state index contributed by atoms with van der Waals surface area (Å²) >= 11 is 1.87. The van der Waals surface area contributed by atoms with Crippen molar-refractivity contribution in [3.63, 3.8) is 0 Å². The summed E-state index contributed by atoms with van der Waals surface area (Å²) < 4.78 is 0. The van der Waals surface area contributed by atoms with Crippen LogP contribution in [-0.2, 0) is 6.42 Å². The molecule has 0 aliphatic rings. The maximum absolute atomic E-state index is 3.76. The standard InChI is InChI=1S/C12H18S/c1-3-5-6-7-8-12-10-9-11(4-2)13-12/h4,9-10H,2-3,5-8H2,1H3. The first-order valence-electron chi connectivity index (χ1n) is 5.08. The van der Waals surface area contributed by atoms with Gasteiger partial charge >= 0.3 is 0 Å². The zero-order valence-corrected chi connectivity index (χ0v) is 9.20. The number of thiophene rings is 1. The second-order valence-corrected chi connectivity index (χ2v) is 4.52. The van der Waals surface area contributed by atoms with Crippen molar-refractivity contribution in [2.45, 2.75) is 39.0 Å². The van der Waals surface area contributed by atoms with Gasteiger partial charge in [-0.15, -0.1) is 11.3 Å². The van der Waals surface area contributed by atoms with Gasteiger partial charge in [-0.2, -0.15) is 0 Å². The first-order valence-corrected chi connectivity index (χ1v) is 5.89. The van der Waals surface area contributed by atoms with Gasteiger partial charge in [0.1, 0.15) is 0 Å². The summed E-state index contributed by atoms with van der Waals surface area (Å²) in [6.45, 7) is 6.02. The molecule has 0 radical (unpaired) electrons. The molecule has 0 aliphatic carbocycles. The minimum atomic E-state index is 1.25. The van der Waals surface area contributed by atoms with Crippen molar-refractivity contribution in [3.05, 3.63) is 28.5 Å². The molecule has 0 atom stereocenters. The van der Waals surface area contributed by atoms with Crippen molar-refractivity contribution in [3.8, 4) is 0 Å². The van der Waals surface area contributed by atoms with Crippen LogP contribution in [0.5, 0.6) is 0 Å². The van der Waals surface area contributed by atoms with Gasteiger partial charge in [-0.25, -0.2) is 0 Å². The maximum atomic E-state index is 3.76. The summed E-state index contributed by atoms with van der Waals surface area (Å²) in [5.41, 5.74) is 0. The van der Waals surface area contributed by atoms with Crippen LogP contribution >= 0.6 is 11.3 Å². The number of unbranched alkanes of at least 4 members (excludes halogenated alkanes) is 3. The minimum absolute atomic E-state index is 1.25. The number of hydrogen-bond acceptors (Lipinski definition) is 1. The Morgan fingerprint density at radius 2 is 2.15 bits per heavy atom. The van der Waals surface area contributed by atoms with Crippen LogP contribution in [0.4, 0.5) is 0 Å². The van der Waals surface area contributed by atoms with Gasteiger partial charge in [-0.05, 0) is 25.0 Å². The molecule has 0 bridgehead atoms. The molecule has 0 N–H and O–H groups in total. The Labute approximate surface area is 85.3 Å². The second kappa shape index (κ2) is 5.98. The molecule has 0 aromatic carbocycles. The van der Waals surface area contributed by atoms with Gasteiger partial charge in [0.15, 0.2) is 0 Å². The fourth-order valence-corrected chi connectivity index (χ4v) is 2.27. The van der Waals surface area contributed by atoms with Crippen LogP contribution in [0.25, 0.3) is 6.08 Å². The highest BCUT2D eigenvalue weighted by Crippen LogP contribution is 2.19. The Kier molecular flexibility index (Phi) is 4.84. The van der Waals surface area contributed by atoms with Crippen LogP contribution in [0.2, 0.25) is 0 Å². The molecule has 1 heterocycles. The molecule has 1 aromatic heterocycles. The van der Waals surface area contributed by atoms with Crippen LogP contribution in [0, 0.1) is 0 Å². The van der Waals surface area contributed by atoms with Gasteiger partial charge in [0.05, 0.1) is 0 Å². The molecule has 13 heavy (non-hydrogen) atoms. The molecule has 0 amide bonds. The molecule has 0 aliphatic heterocycles. The Morgan fingerprint density at radius 1 is 1.31 bits per heavy atom. The fourth-order valence-electron chi connectivity index (χ4n) is 1.36. The normalized spacial score (nSPS) is 10.2. The van der Waals surface area contributed by atoms with Crippen molar-refractivity contribution in [1.29, 1.82) is 0 Å². The van der Waals surface area contributed by atoms with Crippen LogP contribution < -0.4 is 0 Å². The Bertz CT molecular complexity index is 247. The molecule has 1 aromatic rings. The highest BCUT2D eigenvalue weighted by Gasteiger charge is 1.96. The monoisotopic (exact) mass is 194 g/mol. The van der Waals surface area contributed by atoms with Crippen LogP contribution in [0.1, 0.15) is 42.4 Å². The summed E-state index contributed by atoms with van der Waals surface area (Å²) in [4.78, 5) is 2.80. The molecule has 1 heteroatoms. The van der Waals surface area contributed by atoms with Gasteiger partial charge < -0.3 is 0 Å². The third kappa shape index (κ3) is 3.77. The average Bonchev–Trinajstić information content (AvgIpc) is 2.60.